The maximum atomic E-state index is 13.3. The number of aromatic nitrogens is 2. The van der Waals surface area contributed by atoms with Gasteiger partial charge in [-0.2, -0.15) is 5.26 Å². The largest absolute Gasteiger partial charge is 0.369 e. The fourth-order valence-corrected chi connectivity index (χ4v) is 5.56. The van der Waals surface area contributed by atoms with Crippen LogP contribution in [0.2, 0.25) is 5.02 Å². The van der Waals surface area contributed by atoms with Crippen molar-refractivity contribution in [1.82, 2.24) is 14.9 Å². The number of rotatable bonds is 3. The van der Waals surface area contributed by atoms with Gasteiger partial charge in [-0.05, 0) is 34.7 Å². The van der Waals surface area contributed by atoms with Crippen molar-refractivity contribution in [3.05, 3.63) is 63.3 Å². The molecule has 1 amide bonds. The van der Waals surface area contributed by atoms with E-state index in [4.69, 9.17) is 22.3 Å². The van der Waals surface area contributed by atoms with Gasteiger partial charge in [0.15, 0.2) is 11.8 Å². The molecule has 2 aromatic heterocycles. The van der Waals surface area contributed by atoms with Gasteiger partial charge in [0.25, 0.3) is 0 Å². The molecular formula is C22H17ClFN7OS. The van der Waals surface area contributed by atoms with E-state index in [0.29, 0.717) is 29.6 Å². The van der Waals surface area contributed by atoms with Crippen LogP contribution in [0.1, 0.15) is 10.4 Å². The van der Waals surface area contributed by atoms with E-state index in [2.05, 4.69) is 16.0 Å². The van der Waals surface area contributed by atoms with Crippen LogP contribution in [0.25, 0.3) is 11.1 Å². The van der Waals surface area contributed by atoms with Crippen LogP contribution in [0.3, 0.4) is 0 Å². The summed E-state index contributed by atoms with van der Waals surface area (Å²) in [6, 6.07) is 9.32. The lowest BCUT2D eigenvalue weighted by molar-refractivity contribution is -0.132. The number of anilines is 1. The number of nitrogens with zero attached hydrogens (tertiary/aromatic N) is 6. The minimum absolute atomic E-state index is 0.131. The predicted octanol–water partition coefficient (Wildman–Crippen LogP) is 2.99. The predicted molar refractivity (Wildman–Crippen MR) is 123 cm³/mol. The van der Waals surface area contributed by atoms with E-state index in [0.717, 1.165) is 28.4 Å². The van der Waals surface area contributed by atoms with Gasteiger partial charge >= 0.3 is 0 Å². The number of hydrogen-bond acceptors (Lipinski definition) is 8. The molecule has 0 radical (unpaired) electrons. The van der Waals surface area contributed by atoms with Crippen LogP contribution in [0, 0.1) is 23.1 Å². The van der Waals surface area contributed by atoms with Gasteiger partial charge in [0.05, 0.1) is 35.4 Å². The first-order valence-corrected chi connectivity index (χ1v) is 11.2. The number of amides is 1. The summed E-state index contributed by atoms with van der Waals surface area (Å²) in [5.41, 5.74) is 7.30. The molecule has 1 aromatic carbocycles. The first-order valence-electron chi connectivity index (χ1n) is 9.97. The lowest BCUT2D eigenvalue weighted by Crippen LogP contribution is -2.54. The van der Waals surface area contributed by atoms with Crippen LogP contribution in [-0.2, 0) is 10.3 Å². The molecule has 11 heteroatoms. The molecule has 1 saturated heterocycles. The lowest BCUT2D eigenvalue weighted by atomic mass is 9.83. The molecule has 8 nitrogen and oxygen atoms in total. The van der Waals surface area contributed by atoms with Crippen molar-refractivity contribution in [3.8, 4) is 17.2 Å². The maximum absolute atomic E-state index is 13.3. The van der Waals surface area contributed by atoms with Gasteiger partial charge in [0.1, 0.15) is 11.6 Å². The summed E-state index contributed by atoms with van der Waals surface area (Å²) in [5, 5.41) is 11.7. The van der Waals surface area contributed by atoms with Crippen molar-refractivity contribution in [1.29, 1.82) is 5.26 Å². The number of nitrogens with two attached hydrogens (primary N) is 1. The Kier molecular flexibility index (Phi) is 5.03. The summed E-state index contributed by atoms with van der Waals surface area (Å²) in [6.07, 6.45) is 2.19. The number of guanidine groups is 1. The molecule has 5 rings (SSSR count). The SMILES string of the molecule is CN1C(=O)[C@@H]2CN(c3ncc(F)cn3)C[C@]2(c2cc(-c3ccc(Cl)c(C#N)c3)cs2)N=C1N. The molecule has 4 heterocycles. The van der Waals surface area contributed by atoms with Crippen LogP contribution < -0.4 is 10.6 Å². The molecule has 3 aromatic rings. The van der Waals surface area contributed by atoms with Crippen molar-refractivity contribution in [2.45, 2.75) is 5.54 Å². The van der Waals surface area contributed by atoms with E-state index in [9.17, 15) is 14.4 Å². The highest BCUT2D eigenvalue weighted by Gasteiger charge is 2.56. The number of halogens is 2. The first kappa shape index (κ1) is 21.3. The number of fused-ring (bicyclic) bond motifs is 1. The van der Waals surface area contributed by atoms with E-state index < -0.39 is 17.3 Å². The third-order valence-electron chi connectivity index (χ3n) is 6.03. The molecule has 2 aliphatic heterocycles. The summed E-state index contributed by atoms with van der Waals surface area (Å²) in [7, 11) is 1.60. The summed E-state index contributed by atoms with van der Waals surface area (Å²) < 4.78 is 13.3. The van der Waals surface area contributed by atoms with Crippen molar-refractivity contribution in [2.24, 2.45) is 16.6 Å². The minimum atomic E-state index is -0.932. The molecule has 2 N–H and O–H groups in total. The fourth-order valence-electron chi connectivity index (χ4n) is 4.29. The monoisotopic (exact) mass is 481 g/mol. The highest BCUT2D eigenvalue weighted by Crippen LogP contribution is 2.47. The van der Waals surface area contributed by atoms with E-state index in [1.165, 1.54) is 16.2 Å². The second-order valence-electron chi connectivity index (χ2n) is 7.93. The van der Waals surface area contributed by atoms with Crippen molar-refractivity contribution < 1.29 is 9.18 Å². The average Bonchev–Trinajstić information content (AvgIpc) is 3.45. The van der Waals surface area contributed by atoms with Gasteiger partial charge in [-0.15, -0.1) is 11.3 Å². The van der Waals surface area contributed by atoms with Crippen molar-refractivity contribution in [3.63, 3.8) is 0 Å². The summed E-state index contributed by atoms with van der Waals surface area (Å²) in [4.78, 5) is 30.2. The first-order chi connectivity index (χ1) is 15.8. The van der Waals surface area contributed by atoms with Crippen molar-refractivity contribution >= 4 is 40.8 Å². The molecule has 2 atom stereocenters. The lowest BCUT2D eigenvalue weighted by Gasteiger charge is -2.36. The highest BCUT2D eigenvalue weighted by molar-refractivity contribution is 7.10. The summed E-state index contributed by atoms with van der Waals surface area (Å²) in [5.74, 6) is -0.755. The van der Waals surface area contributed by atoms with Crippen LogP contribution in [0.4, 0.5) is 10.3 Å². The number of thiophene rings is 1. The molecule has 2 aliphatic rings. The van der Waals surface area contributed by atoms with Gasteiger partial charge in [0, 0.05) is 18.5 Å². The van der Waals surface area contributed by atoms with E-state index in [-0.39, 0.29) is 11.9 Å². The second kappa shape index (κ2) is 7.79. The van der Waals surface area contributed by atoms with E-state index in [1.807, 2.05) is 22.4 Å². The molecule has 0 spiro atoms. The Hall–Kier alpha value is -3.55. The van der Waals surface area contributed by atoms with Gasteiger partial charge in [-0.3, -0.25) is 9.69 Å². The Bertz CT molecular complexity index is 1340. The Balaban J connectivity index is 1.59. The fraction of sp³-hybridized carbons (Fsp3) is 0.227. The van der Waals surface area contributed by atoms with E-state index in [1.54, 1.807) is 19.2 Å². The molecule has 166 valence electrons. The van der Waals surface area contributed by atoms with Crippen LogP contribution in [-0.4, -0.2) is 46.9 Å². The Morgan fingerprint density at radius 1 is 1.30 bits per heavy atom. The zero-order chi connectivity index (χ0) is 23.3. The molecule has 33 heavy (non-hydrogen) atoms. The molecule has 0 unspecified atom stereocenters. The maximum Gasteiger partial charge on any atom is 0.236 e. The van der Waals surface area contributed by atoms with Gasteiger partial charge in [0.2, 0.25) is 11.9 Å². The van der Waals surface area contributed by atoms with Crippen LogP contribution in [0.15, 0.2) is 47.0 Å². The van der Waals surface area contributed by atoms with Crippen molar-refractivity contribution in [2.75, 3.05) is 25.0 Å². The number of hydrogen-bond donors (Lipinski definition) is 1. The van der Waals surface area contributed by atoms with Crippen LogP contribution >= 0.6 is 22.9 Å². The molecule has 1 fully saturated rings. The normalized spacial score (nSPS) is 22.2. The minimum Gasteiger partial charge on any atom is -0.369 e. The van der Waals surface area contributed by atoms with Crippen LogP contribution in [0.5, 0.6) is 0 Å². The zero-order valence-corrected chi connectivity index (χ0v) is 18.9. The number of benzene rings is 1. The Morgan fingerprint density at radius 2 is 2.06 bits per heavy atom. The topological polar surface area (TPSA) is 112 Å². The smallest absolute Gasteiger partial charge is 0.236 e. The van der Waals surface area contributed by atoms with E-state index >= 15 is 0 Å². The zero-order valence-electron chi connectivity index (χ0n) is 17.4. The van der Waals surface area contributed by atoms with Gasteiger partial charge < -0.3 is 10.6 Å². The quantitative estimate of drug-likeness (QED) is 0.615. The third-order valence-corrected chi connectivity index (χ3v) is 7.46. The highest BCUT2D eigenvalue weighted by atomic mass is 35.5. The average molecular weight is 482 g/mol. The Morgan fingerprint density at radius 3 is 2.79 bits per heavy atom. The number of aliphatic imine (C=N–C) groups is 1. The molecular weight excluding hydrogens is 465 g/mol. The molecule has 0 bridgehead atoms. The number of carbonyl (C=O) groups excluding carboxylic acids is 1. The second-order valence-corrected chi connectivity index (χ2v) is 9.25. The van der Waals surface area contributed by atoms with Gasteiger partial charge in [-0.25, -0.2) is 19.4 Å². The Labute approximate surface area is 197 Å². The third kappa shape index (κ3) is 3.41. The number of nitriles is 1. The number of carbonyl (C=O) groups is 1. The summed E-state index contributed by atoms with van der Waals surface area (Å²) >= 11 is 7.54. The molecule has 0 aliphatic carbocycles. The molecule has 0 saturated carbocycles. The standard InChI is InChI=1S/C22H17ClFN7OS/c1-30-19(32)16-9-31(21-27-7-15(24)8-28-21)11-22(16,29-20(30)26)18-5-14(10-33-18)12-2-3-17(23)13(4-12)6-25/h2-5,7-8,10,16H,9,11H2,1H3,(H2,26,29)/t16-,22-/m0/s1. The van der Waals surface area contributed by atoms with Gasteiger partial charge in [-0.1, -0.05) is 17.7 Å². The summed E-state index contributed by atoms with van der Waals surface area (Å²) in [6.45, 7) is 0.631.